The molecule has 1 aromatic carbocycles. The van der Waals surface area contributed by atoms with E-state index in [-0.39, 0.29) is 5.41 Å². The summed E-state index contributed by atoms with van der Waals surface area (Å²) in [6.45, 7) is 3.98. The van der Waals surface area contributed by atoms with Crippen molar-refractivity contribution in [3.8, 4) is 0 Å². The second kappa shape index (κ2) is 4.03. The molecule has 1 unspecified atom stereocenters. The van der Waals surface area contributed by atoms with Gasteiger partial charge in [-0.1, -0.05) is 59.8 Å². The molecule has 1 aliphatic rings. The van der Waals surface area contributed by atoms with Crippen molar-refractivity contribution in [1.29, 1.82) is 0 Å². The quantitative estimate of drug-likeness (QED) is 0.516. The summed E-state index contributed by atoms with van der Waals surface area (Å²) in [4.78, 5) is 0. The molecule has 0 spiro atoms. The van der Waals surface area contributed by atoms with Gasteiger partial charge in [-0.2, -0.15) is 0 Å². The van der Waals surface area contributed by atoms with E-state index in [1.54, 1.807) is 0 Å². The average molecular weight is 212 g/mol. The van der Waals surface area contributed by atoms with E-state index in [0.29, 0.717) is 0 Å². The molecule has 0 aliphatic heterocycles. The molecular weight excluding hydrogens is 196 g/mol. The van der Waals surface area contributed by atoms with E-state index in [0.717, 1.165) is 16.7 Å². The van der Waals surface area contributed by atoms with Crippen molar-refractivity contribution in [2.24, 2.45) is 0 Å². The number of allylic oxidation sites excluding steroid dienone is 5. The van der Waals surface area contributed by atoms with Crippen LogP contribution in [0.4, 0.5) is 0 Å². The summed E-state index contributed by atoms with van der Waals surface area (Å²) in [5.74, 6) is 0. The molecule has 0 saturated heterocycles. The van der Waals surface area contributed by atoms with Crippen molar-refractivity contribution in [3.63, 3.8) is 0 Å². The van der Waals surface area contributed by atoms with E-state index in [4.69, 9.17) is 0 Å². The molecule has 0 radical (unpaired) electrons. The van der Waals surface area contributed by atoms with E-state index in [1.165, 1.54) is 10.8 Å². The van der Waals surface area contributed by atoms with Crippen molar-refractivity contribution in [1.82, 2.24) is 0 Å². The van der Waals surface area contributed by atoms with E-state index >= 15 is 0 Å². The SMILES string of the molecule is C=CC1(c2ccc([SiH3])cc2)C=CC=CC1. The summed E-state index contributed by atoms with van der Waals surface area (Å²) in [6.07, 6.45) is 11.7. The molecule has 0 heterocycles. The number of benzene rings is 1. The first-order valence-electron chi connectivity index (χ1n) is 5.32. The van der Waals surface area contributed by atoms with Crippen molar-refractivity contribution in [2.45, 2.75) is 11.8 Å². The molecule has 2 rings (SSSR count). The highest BCUT2D eigenvalue weighted by Crippen LogP contribution is 2.33. The molecule has 15 heavy (non-hydrogen) atoms. The number of hydrogen-bond acceptors (Lipinski definition) is 0. The highest BCUT2D eigenvalue weighted by atomic mass is 28.1. The fourth-order valence-corrected chi connectivity index (χ4v) is 2.32. The van der Waals surface area contributed by atoms with Gasteiger partial charge >= 0.3 is 0 Å². The maximum absolute atomic E-state index is 3.98. The molecule has 76 valence electrons. The van der Waals surface area contributed by atoms with Gasteiger partial charge in [0.25, 0.3) is 0 Å². The van der Waals surface area contributed by atoms with Gasteiger partial charge in [-0.15, -0.1) is 6.58 Å². The first-order valence-corrected chi connectivity index (χ1v) is 6.32. The van der Waals surface area contributed by atoms with Gasteiger partial charge in [-0.05, 0) is 12.0 Å². The van der Waals surface area contributed by atoms with Gasteiger partial charge in [0.05, 0.1) is 0 Å². The molecule has 1 aliphatic carbocycles. The van der Waals surface area contributed by atoms with Crippen LogP contribution in [0.25, 0.3) is 0 Å². The van der Waals surface area contributed by atoms with Crippen LogP contribution < -0.4 is 5.19 Å². The predicted molar refractivity (Wildman–Crippen MR) is 70.8 cm³/mol. The Bertz CT molecular complexity index is 411. The second-order valence-corrected chi connectivity index (χ2v) is 5.26. The van der Waals surface area contributed by atoms with Gasteiger partial charge in [0.1, 0.15) is 0 Å². The third-order valence-electron chi connectivity index (χ3n) is 3.05. The molecule has 1 aromatic rings. The zero-order valence-electron chi connectivity index (χ0n) is 9.11. The molecule has 1 atom stereocenters. The Kier molecular flexibility index (Phi) is 2.74. The highest BCUT2D eigenvalue weighted by molar-refractivity contribution is 6.32. The van der Waals surface area contributed by atoms with Crippen molar-refractivity contribution in [3.05, 3.63) is 66.8 Å². The smallest absolute Gasteiger partial charge is 0.0384 e. The summed E-state index contributed by atoms with van der Waals surface area (Å²) < 4.78 is 0. The standard InChI is InChI=1S/C14H16Si/c1-2-14(10-4-3-5-11-14)12-6-8-13(15)9-7-12/h2-10H,1,11H2,15H3. The minimum Gasteiger partial charge on any atom is -0.102 e. The Morgan fingerprint density at radius 1 is 1.20 bits per heavy atom. The van der Waals surface area contributed by atoms with Gasteiger partial charge in [0, 0.05) is 15.7 Å². The van der Waals surface area contributed by atoms with Crippen LogP contribution >= 0.6 is 0 Å². The van der Waals surface area contributed by atoms with Gasteiger partial charge in [-0.25, -0.2) is 0 Å². The lowest BCUT2D eigenvalue weighted by Crippen LogP contribution is -2.21. The topological polar surface area (TPSA) is 0 Å². The zero-order chi connectivity index (χ0) is 10.7. The summed E-state index contributed by atoms with van der Waals surface area (Å²) in [7, 11) is 1.12. The Labute approximate surface area is 94.4 Å². The second-order valence-electron chi connectivity index (χ2n) is 4.10. The molecule has 0 fully saturated rings. The molecule has 0 N–H and O–H groups in total. The zero-order valence-corrected chi connectivity index (χ0v) is 11.1. The molecule has 0 aromatic heterocycles. The van der Waals surface area contributed by atoms with Crippen LogP contribution in [0.3, 0.4) is 0 Å². The minimum atomic E-state index is 0.0179. The summed E-state index contributed by atoms with van der Waals surface area (Å²) >= 11 is 0. The third-order valence-corrected chi connectivity index (χ3v) is 3.72. The van der Waals surface area contributed by atoms with Crippen LogP contribution in [0.5, 0.6) is 0 Å². The molecular formula is C14H16Si. The first kappa shape index (κ1) is 10.2. The van der Waals surface area contributed by atoms with Crippen LogP contribution in [0, 0.1) is 0 Å². The van der Waals surface area contributed by atoms with Gasteiger partial charge in [0.15, 0.2) is 0 Å². The lowest BCUT2D eigenvalue weighted by molar-refractivity contribution is 0.677. The van der Waals surface area contributed by atoms with Crippen molar-refractivity contribution < 1.29 is 0 Å². The van der Waals surface area contributed by atoms with E-state index in [1.807, 2.05) is 0 Å². The summed E-state index contributed by atoms with van der Waals surface area (Å²) in [5.41, 5.74) is 1.36. The van der Waals surface area contributed by atoms with Crippen molar-refractivity contribution >= 4 is 15.4 Å². The lowest BCUT2D eigenvalue weighted by Gasteiger charge is -2.28. The molecule has 0 amide bonds. The number of rotatable bonds is 2. The predicted octanol–water partition coefficient (Wildman–Crippen LogP) is 1.62. The molecule has 0 nitrogen and oxygen atoms in total. The maximum Gasteiger partial charge on any atom is 0.0384 e. The number of hydrogen-bond donors (Lipinski definition) is 0. The van der Waals surface area contributed by atoms with Crippen molar-refractivity contribution in [2.75, 3.05) is 0 Å². The van der Waals surface area contributed by atoms with Crippen LogP contribution in [0.15, 0.2) is 61.2 Å². The monoisotopic (exact) mass is 212 g/mol. The molecule has 0 bridgehead atoms. The Morgan fingerprint density at radius 2 is 1.93 bits per heavy atom. The third kappa shape index (κ3) is 1.88. The van der Waals surface area contributed by atoms with Crippen LogP contribution in [0.2, 0.25) is 0 Å². The first-order chi connectivity index (χ1) is 7.27. The van der Waals surface area contributed by atoms with E-state index in [2.05, 4.69) is 61.2 Å². The van der Waals surface area contributed by atoms with Crippen LogP contribution in [-0.4, -0.2) is 10.2 Å². The minimum absolute atomic E-state index is 0.0179. The van der Waals surface area contributed by atoms with Crippen LogP contribution in [0.1, 0.15) is 12.0 Å². The maximum atomic E-state index is 3.98. The van der Waals surface area contributed by atoms with Gasteiger partial charge in [0.2, 0.25) is 0 Å². The lowest BCUT2D eigenvalue weighted by atomic mass is 9.76. The van der Waals surface area contributed by atoms with E-state index < -0.39 is 0 Å². The molecule has 0 saturated carbocycles. The summed E-state index contributed by atoms with van der Waals surface area (Å²) in [5, 5.41) is 1.44. The Morgan fingerprint density at radius 3 is 2.47 bits per heavy atom. The van der Waals surface area contributed by atoms with Gasteiger partial charge in [-0.3, -0.25) is 0 Å². The fraction of sp³-hybridized carbons (Fsp3) is 0.143. The fourth-order valence-electron chi connectivity index (χ4n) is 1.98. The summed E-state index contributed by atoms with van der Waals surface area (Å²) in [6, 6.07) is 8.90. The van der Waals surface area contributed by atoms with Crippen LogP contribution in [-0.2, 0) is 5.41 Å². The largest absolute Gasteiger partial charge is 0.102 e. The Balaban J connectivity index is 2.42. The Hall–Kier alpha value is -1.34. The normalized spacial score (nSPS) is 24.3. The van der Waals surface area contributed by atoms with E-state index in [9.17, 15) is 0 Å². The average Bonchev–Trinajstić information content (AvgIpc) is 2.31. The van der Waals surface area contributed by atoms with Gasteiger partial charge < -0.3 is 0 Å². The highest BCUT2D eigenvalue weighted by Gasteiger charge is 2.25. The molecule has 1 heteroatoms.